The minimum atomic E-state index is -3.09. The summed E-state index contributed by atoms with van der Waals surface area (Å²) in [7, 11) is -3.09. The maximum absolute atomic E-state index is 11.7. The van der Waals surface area contributed by atoms with Crippen molar-refractivity contribution in [2.45, 2.75) is 26.3 Å². The summed E-state index contributed by atoms with van der Waals surface area (Å²) in [5.41, 5.74) is 3.37. The highest BCUT2D eigenvalue weighted by Crippen LogP contribution is 2.18. The van der Waals surface area contributed by atoms with E-state index in [0.717, 1.165) is 36.6 Å². The minimum absolute atomic E-state index is 0. The highest BCUT2D eigenvalue weighted by Gasteiger charge is 2.24. The zero-order valence-corrected chi connectivity index (χ0v) is 20.7. The second kappa shape index (κ2) is 11.7. The predicted octanol–water partition coefficient (Wildman–Crippen LogP) is 3.84. The summed E-state index contributed by atoms with van der Waals surface area (Å²) in [5.74, 6) is 1.16. The van der Waals surface area contributed by atoms with Crippen molar-refractivity contribution in [1.82, 2.24) is 9.62 Å². The molecule has 0 bridgehead atoms. The standard InChI is InChI=1S/C22H30N4O2S.HI/c1-18-8-10-19(11-9-18)16-23-22(25-21-6-4-3-5-7-21)24-17-20-12-14-26(15-13-20)29(2,27)28;/h3-11,20H,12-17H2,1-2H3,(H2,23,24,25);1H. The van der Waals surface area contributed by atoms with Gasteiger partial charge in [0.1, 0.15) is 0 Å². The number of piperidine rings is 1. The van der Waals surface area contributed by atoms with Crippen LogP contribution in [-0.2, 0) is 16.6 Å². The molecule has 2 aromatic rings. The number of aryl methyl sites for hydroxylation is 1. The Bertz CT molecular complexity index is 910. The second-order valence-electron chi connectivity index (χ2n) is 7.63. The Kier molecular flexibility index (Phi) is 9.57. The van der Waals surface area contributed by atoms with Crippen molar-refractivity contribution < 1.29 is 8.42 Å². The van der Waals surface area contributed by atoms with Gasteiger partial charge in [-0.2, -0.15) is 0 Å². The first-order valence-electron chi connectivity index (χ1n) is 10.0. The molecule has 0 amide bonds. The van der Waals surface area contributed by atoms with Gasteiger partial charge in [0.15, 0.2) is 5.96 Å². The average Bonchev–Trinajstić information content (AvgIpc) is 2.71. The highest BCUT2D eigenvalue weighted by atomic mass is 127. The number of nitrogens with one attached hydrogen (secondary N) is 2. The Hall–Kier alpha value is -1.65. The van der Waals surface area contributed by atoms with Crippen molar-refractivity contribution in [2.75, 3.05) is 31.2 Å². The van der Waals surface area contributed by atoms with Crippen molar-refractivity contribution in [2.24, 2.45) is 10.9 Å². The monoisotopic (exact) mass is 542 g/mol. The van der Waals surface area contributed by atoms with Gasteiger partial charge < -0.3 is 10.6 Å². The van der Waals surface area contributed by atoms with Crippen molar-refractivity contribution in [3.8, 4) is 0 Å². The summed E-state index contributed by atoms with van der Waals surface area (Å²) in [4.78, 5) is 4.75. The fourth-order valence-corrected chi connectivity index (χ4v) is 4.22. The van der Waals surface area contributed by atoms with Crippen LogP contribution in [0.3, 0.4) is 0 Å². The SMILES string of the molecule is Cc1ccc(CN=C(NCC2CCN(S(C)(=O)=O)CC2)Nc2ccccc2)cc1.I. The van der Waals surface area contributed by atoms with E-state index >= 15 is 0 Å². The van der Waals surface area contributed by atoms with E-state index in [0.29, 0.717) is 25.6 Å². The molecule has 0 unspecified atom stereocenters. The average molecular weight is 542 g/mol. The molecule has 1 aliphatic heterocycles. The van der Waals surface area contributed by atoms with Crippen LogP contribution in [0.2, 0.25) is 0 Å². The molecule has 30 heavy (non-hydrogen) atoms. The molecule has 3 rings (SSSR count). The fraction of sp³-hybridized carbons (Fsp3) is 0.409. The van der Waals surface area contributed by atoms with Crippen LogP contribution in [0.1, 0.15) is 24.0 Å². The molecular formula is C22H31IN4O2S. The van der Waals surface area contributed by atoms with Crippen LogP contribution >= 0.6 is 24.0 Å². The Morgan fingerprint density at radius 1 is 1.07 bits per heavy atom. The van der Waals surface area contributed by atoms with Crippen molar-refractivity contribution in [1.29, 1.82) is 0 Å². The van der Waals surface area contributed by atoms with Gasteiger partial charge in [0, 0.05) is 25.3 Å². The Labute approximate surface area is 197 Å². The quantitative estimate of drug-likeness (QED) is 0.331. The van der Waals surface area contributed by atoms with E-state index in [9.17, 15) is 8.42 Å². The zero-order valence-electron chi connectivity index (χ0n) is 17.5. The lowest BCUT2D eigenvalue weighted by Crippen LogP contribution is -2.42. The van der Waals surface area contributed by atoms with E-state index in [1.165, 1.54) is 11.8 Å². The van der Waals surface area contributed by atoms with Gasteiger partial charge in [0.25, 0.3) is 0 Å². The smallest absolute Gasteiger partial charge is 0.211 e. The lowest BCUT2D eigenvalue weighted by atomic mass is 9.98. The first-order valence-corrected chi connectivity index (χ1v) is 11.9. The van der Waals surface area contributed by atoms with E-state index < -0.39 is 10.0 Å². The van der Waals surface area contributed by atoms with Gasteiger partial charge in [0.2, 0.25) is 10.0 Å². The summed E-state index contributed by atoms with van der Waals surface area (Å²) in [6.07, 6.45) is 3.00. The number of guanidine groups is 1. The van der Waals surface area contributed by atoms with Gasteiger partial charge in [-0.1, -0.05) is 48.0 Å². The third-order valence-electron chi connectivity index (χ3n) is 5.18. The number of hydrogen-bond donors (Lipinski definition) is 2. The van der Waals surface area contributed by atoms with Crippen LogP contribution < -0.4 is 10.6 Å². The maximum atomic E-state index is 11.7. The Morgan fingerprint density at radius 3 is 2.30 bits per heavy atom. The molecule has 8 heteroatoms. The van der Waals surface area contributed by atoms with Gasteiger partial charge in [-0.15, -0.1) is 24.0 Å². The Balaban J connectivity index is 0.00000320. The molecule has 1 heterocycles. The molecule has 0 atom stereocenters. The molecule has 0 aliphatic carbocycles. The number of para-hydroxylation sites is 1. The van der Waals surface area contributed by atoms with Crippen LogP contribution in [0.25, 0.3) is 0 Å². The molecule has 0 saturated carbocycles. The zero-order chi connectivity index (χ0) is 20.7. The summed E-state index contributed by atoms with van der Waals surface area (Å²) < 4.78 is 24.9. The number of anilines is 1. The summed E-state index contributed by atoms with van der Waals surface area (Å²) in [6.45, 7) is 4.62. The van der Waals surface area contributed by atoms with Crippen LogP contribution in [0.15, 0.2) is 59.6 Å². The predicted molar refractivity (Wildman–Crippen MR) is 135 cm³/mol. The number of nitrogens with zero attached hydrogens (tertiary/aromatic N) is 2. The lowest BCUT2D eigenvalue weighted by molar-refractivity contribution is 0.275. The second-order valence-corrected chi connectivity index (χ2v) is 9.61. The normalized spacial score (nSPS) is 16.0. The van der Waals surface area contributed by atoms with E-state index in [-0.39, 0.29) is 24.0 Å². The highest BCUT2D eigenvalue weighted by molar-refractivity contribution is 14.0. The number of rotatable bonds is 6. The van der Waals surface area contributed by atoms with Crippen molar-refractivity contribution in [3.05, 3.63) is 65.7 Å². The van der Waals surface area contributed by atoms with E-state index in [4.69, 9.17) is 4.99 Å². The number of benzene rings is 2. The number of aliphatic imine (C=N–C) groups is 1. The largest absolute Gasteiger partial charge is 0.356 e. The lowest BCUT2D eigenvalue weighted by Gasteiger charge is -2.30. The van der Waals surface area contributed by atoms with Gasteiger partial charge in [-0.3, -0.25) is 0 Å². The van der Waals surface area contributed by atoms with Gasteiger partial charge in [0.05, 0.1) is 12.8 Å². The third kappa shape index (κ3) is 7.88. The van der Waals surface area contributed by atoms with Gasteiger partial charge >= 0.3 is 0 Å². The van der Waals surface area contributed by atoms with Gasteiger partial charge in [-0.05, 0) is 43.4 Å². The fourth-order valence-electron chi connectivity index (χ4n) is 3.35. The van der Waals surface area contributed by atoms with Crippen molar-refractivity contribution in [3.63, 3.8) is 0 Å². The third-order valence-corrected chi connectivity index (χ3v) is 6.48. The topological polar surface area (TPSA) is 73.8 Å². The molecule has 6 nitrogen and oxygen atoms in total. The van der Waals surface area contributed by atoms with Crippen LogP contribution in [0.4, 0.5) is 5.69 Å². The molecule has 2 aromatic carbocycles. The molecule has 1 saturated heterocycles. The number of sulfonamides is 1. The van der Waals surface area contributed by atoms with E-state index in [1.807, 2.05) is 30.3 Å². The van der Waals surface area contributed by atoms with Crippen molar-refractivity contribution >= 4 is 45.6 Å². The molecule has 0 aromatic heterocycles. The van der Waals surface area contributed by atoms with Crippen LogP contribution in [-0.4, -0.2) is 44.6 Å². The first-order chi connectivity index (χ1) is 13.9. The first kappa shape index (κ1) is 24.6. The van der Waals surface area contributed by atoms with E-state index in [1.54, 1.807) is 4.31 Å². The number of halogens is 1. The number of hydrogen-bond acceptors (Lipinski definition) is 3. The van der Waals surface area contributed by atoms with Crippen LogP contribution in [0.5, 0.6) is 0 Å². The Morgan fingerprint density at radius 2 is 1.70 bits per heavy atom. The molecule has 0 spiro atoms. The van der Waals surface area contributed by atoms with E-state index in [2.05, 4.69) is 41.8 Å². The molecule has 1 aliphatic rings. The summed E-state index contributed by atoms with van der Waals surface area (Å²) in [6, 6.07) is 18.4. The van der Waals surface area contributed by atoms with Gasteiger partial charge in [-0.25, -0.2) is 17.7 Å². The molecule has 164 valence electrons. The maximum Gasteiger partial charge on any atom is 0.211 e. The summed E-state index contributed by atoms with van der Waals surface area (Å²) in [5, 5.41) is 6.81. The molecule has 0 radical (unpaired) electrons. The molecule has 1 fully saturated rings. The summed E-state index contributed by atoms with van der Waals surface area (Å²) >= 11 is 0. The van der Waals surface area contributed by atoms with Crippen LogP contribution in [0, 0.1) is 12.8 Å². The minimum Gasteiger partial charge on any atom is -0.356 e. The molecular weight excluding hydrogens is 511 g/mol. The molecule has 2 N–H and O–H groups in total.